The molecular weight excluding hydrogens is 467 g/mol. The van der Waals surface area contributed by atoms with Crippen molar-refractivity contribution in [3.8, 4) is 5.69 Å². The normalized spacial score (nSPS) is 10.6. The van der Waals surface area contributed by atoms with Crippen LogP contribution in [0, 0.1) is 0 Å². The van der Waals surface area contributed by atoms with E-state index >= 15 is 0 Å². The molecule has 13 heteroatoms. The zero-order valence-corrected chi connectivity index (χ0v) is 17.8. The van der Waals surface area contributed by atoms with Gasteiger partial charge in [0, 0.05) is 23.6 Å². The SMILES string of the molecule is NC(=O)c1ccccc1Nc1ccnc(Nc2ccc(-n3ccnn3)cc2)c1.O=C(O)C(F)(F)F. The third kappa shape index (κ3) is 7.02. The third-order valence-corrected chi connectivity index (χ3v) is 4.30. The van der Waals surface area contributed by atoms with Gasteiger partial charge in [0.05, 0.1) is 29.3 Å². The number of hydrogen-bond acceptors (Lipinski definition) is 7. The van der Waals surface area contributed by atoms with E-state index in [9.17, 15) is 18.0 Å². The lowest BCUT2D eigenvalue weighted by Crippen LogP contribution is -2.21. The third-order valence-electron chi connectivity index (χ3n) is 4.30. The van der Waals surface area contributed by atoms with E-state index in [-0.39, 0.29) is 0 Å². The quantitative estimate of drug-likeness (QED) is 0.322. The number of carbonyl (C=O) groups is 2. The Morgan fingerprint density at radius 1 is 0.943 bits per heavy atom. The Bertz CT molecular complexity index is 1290. The number of aliphatic carboxylic acids is 1. The number of hydrogen-bond donors (Lipinski definition) is 4. The molecule has 0 aliphatic carbocycles. The highest BCUT2D eigenvalue weighted by atomic mass is 19.4. The van der Waals surface area contributed by atoms with Crippen LogP contribution in [-0.2, 0) is 4.79 Å². The number of anilines is 4. The average Bonchev–Trinajstić information content (AvgIpc) is 3.35. The number of amides is 1. The second-order valence-corrected chi connectivity index (χ2v) is 6.79. The van der Waals surface area contributed by atoms with E-state index in [1.54, 1.807) is 41.5 Å². The van der Waals surface area contributed by atoms with Crippen molar-refractivity contribution in [3.05, 3.63) is 84.8 Å². The van der Waals surface area contributed by atoms with Crippen LogP contribution < -0.4 is 16.4 Å². The highest BCUT2D eigenvalue weighted by Crippen LogP contribution is 2.24. The summed E-state index contributed by atoms with van der Waals surface area (Å²) in [5.74, 6) is -2.58. The molecule has 0 atom stereocenters. The summed E-state index contributed by atoms with van der Waals surface area (Å²) in [4.78, 5) is 24.8. The van der Waals surface area contributed by atoms with Crippen LogP contribution in [-0.4, -0.2) is 43.1 Å². The van der Waals surface area contributed by atoms with Crippen molar-refractivity contribution < 1.29 is 27.9 Å². The highest BCUT2D eigenvalue weighted by Gasteiger charge is 2.38. The van der Waals surface area contributed by atoms with E-state index in [4.69, 9.17) is 15.6 Å². The van der Waals surface area contributed by atoms with Crippen LogP contribution in [0.3, 0.4) is 0 Å². The predicted molar refractivity (Wildman–Crippen MR) is 121 cm³/mol. The number of pyridine rings is 1. The number of alkyl halides is 3. The van der Waals surface area contributed by atoms with Crippen LogP contribution in [0.4, 0.5) is 36.1 Å². The predicted octanol–water partition coefficient (Wildman–Crippen LogP) is 3.88. The number of nitrogens with two attached hydrogens (primary N) is 1. The molecule has 0 aliphatic rings. The molecule has 1 amide bonds. The molecule has 2 aromatic carbocycles. The van der Waals surface area contributed by atoms with Crippen LogP contribution in [0.1, 0.15) is 10.4 Å². The van der Waals surface area contributed by atoms with Crippen molar-refractivity contribution in [1.29, 1.82) is 0 Å². The number of primary amides is 1. The summed E-state index contributed by atoms with van der Waals surface area (Å²) in [5.41, 5.74) is 9.08. The molecule has 4 aromatic rings. The highest BCUT2D eigenvalue weighted by molar-refractivity contribution is 5.99. The average molecular weight is 485 g/mol. The Kier molecular flexibility index (Phi) is 7.61. The second kappa shape index (κ2) is 10.8. The summed E-state index contributed by atoms with van der Waals surface area (Å²) < 4.78 is 33.4. The summed E-state index contributed by atoms with van der Waals surface area (Å²) in [6.07, 6.45) is 0.00927. The summed E-state index contributed by atoms with van der Waals surface area (Å²) in [6.45, 7) is 0. The molecule has 0 spiro atoms. The van der Waals surface area contributed by atoms with Gasteiger partial charge in [0.25, 0.3) is 5.91 Å². The Balaban J connectivity index is 0.000000429. The van der Waals surface area contributed by atoms with Crippen molar-refractivity contribution >= 4 is 34.8 Å². The molecule has 0 bridgehead atoms. The molecule has 5 N–H and O–H groups in total. The van der Waals surface area contributed by atoms with Crippen molar-refractivity contribution in [2.45, 2.75) is 6.18 Å². The number of rotatable bonds is 6. The van der Waals surface area contributed by atoms with E-state index in [1.165, 1.54) is 0 Å². The van der Waals surface area contributed by atoms with Gasteiger partial charge in [-0.1, -0.05) is 17.3 Å². The minimum absolute atomic E-state index is 0.428. The summed E-state index contributed by atoms with van der Waals surface area (Å²) in [6, 6.07) is 18.5. The van der Waals surface area contributed by atoms with Gasteiger partial charge >= 0.3 is 12.1 Å². The fourth-order valence-electron chi connectivity index (χ4n) is 2.73. The number of carbonyl (C=O) groups excluding carboxylic acids is 1. The molecule has 0 saturated carbocycles. The minimum atomic E-state index is -5.08. The summed E-state index contributed by atoms with van der Waals surface area (Å²) in [7, 11) is 0. The zero-order valence-electron chi connectivity index (χ0n) is 17.8. The topological polar surface area (TPSA) is 148 Å². The Hall–Kier alpha value is -4.94. The molecule has 0 unspecified atom stereocenters. The standard InChI is InChI=1S/C20H17N7O.C2HF3O2/c21-20(28)17-3-1-2-4-18(17)24-15-9-10-22-19(13-15)25-14-5-7-16(8-6-14)27-12-11-23-26-27;3-2(4,5)1(6)7/h1-13H,(H2,21,28)(H2,22,24,25);(H,6,7). The molecule has 0 radical (unpaired) electrons. The minimum Gasteiger partial charge on any atom is -0.475 e. The van der Waals surface area contributed by atoms with E-state index in [0.717, 1.165) is 17.1 Å². The Morgan fingerprint density at radius 2 is 1.63 bits per heavy atom. The molecule has 0 fully saturated rings. The van der Waals surface area contributed by atoms with Gasteiger partial charge in [-0.15, -0.1) is 5.10 Å². The number of halogens is 3. The number of carboxylic acid groups (broad SMARTS) is 1. The second-order valence-electron chi connectivity index (χ2n) is 6.79. The van der Waals surface area contributed by atoms with Crippen molar-refractivity contribution in [1.82, 2.24) is 20.0 Å². The van der Waals surface area contributed by atoms with Gasteiger partial charge in [-0.25, -0.2) is 14.5 Å². The number of aromatic nitrogens is 4. The van der Waals surface area contributed by atoms with Gasteiger partial charge in [-0.05, 0) is 42.5 Å². The maximum atomic E-state index is 11.6. The first-order chi connectivity index (χ1) is 16.6. The smallest absolute Gasteiger partial charge is 0.475 e. The molecule has 2 heterocycles. The fraction of sp³-hybridized carbons (Fsp3) is 0.0455. The number of nitrogens with zero attached hydrogens (tertiary/aromatic N) is 4. The lowest BCUT2D eigenvalue weighted by molar-refractivity contribution is -0.192. The molecular formula is C22H18F3N7O3. The van der Waals surface area contributed by atoms with Gasteiger partial charge in [0.15, 0.2) is 0 Å². The van der Waals surface area contributed by atoms with Gasteiger partial charge in [0.2, 0.25) is 0 Å². The lowest BCUT2D eigenvalue weighted by atomic mass is 10.1. The molecule has 35 heavy (non-hydrogen) atoms. The first-order valence-corrected chi connectivity index (χ1v) is 9.79. The van der Waals surface area contributed by atoms with Gasteiger partial charge in [-0.2, -0.15) is 13.2 Å². The van der Waals surface area contributed by atoms with Crippen LogP contribution in [0.5, 0.6) is 0 Å². The number of carboxylic acids is 1. The van der Waals surface area contributed by atoms with E-state index in [1.807, 2.05) is 42.5 Å². The number of benzene rings is 2. The first-order valence-electron chi connectivity index (χ1n) is 9.79. The van der Waals surface area contributed by atoms with Crippen molar-refractivity contribution in [3.63, 3.8) is 0 Å². The Morgan fingerprint density at radius 3 is 2.23 bits per heavy atom. The van der Waals surface area contributed by atoms with Crippen molar-refractivity contribution in [2.75, 3.05) is 10.6 Å². The Labute approximate surface area is 196 Å². The van der Waals surface area contributed by atoms with Crippen LogP contribution >= 0.6 is 0 Å². The van der Waals surface area contributed by atoms with Gasteiger partial charge in [-0.3, -0.25) is 4.79 Å². The van der Waals surface area contributed by atoms with E-state index < -0.39 is 18.1 Å². The summed E-state index contributed by atoms with van der Waals surface area (Å²) >= 11 is 0. The fourth-order valence-corrected chi connectivity index (χ4v) is 2.73. The summed E-state index contributed by atoms with van der Waals surface area (Å²) in [5, 5.41) is 21.4. The van der Waals surface area contributed by atoms with E-state index in [2.05, 4.69) is 25.9 Å². The maximum absolute atomic E-state index is 11.6. The molecule has 180 valence electrons. The van der Waals surface area contributed by atoms with Gasteiger partial charge < -0.3 is 21.5 Å². The molecule has 0 saturated heterocycles. The first kappa shape index (κ1) is 24.7. The molecule has 4 rings (SSSR count). The molecule has 2 aromatic heterocycles. The van der Waals surface area contributed by atoms with Gasteiger partial charge in [0.1, 0.15) is 5.82 Å². The van der Waals surface area contributed by atoms with Crippen molar-refractivity contribution in [2.24, 2.45) is 5.73 Å². The maximum Gasteiger partial charge on any atom is 0.490 e. The number of para-hydroxylation sites is 1. The zero-order chi connectivity index (χ0) is 25.4. The van der Waals surface area contributed by atoms with Crippen LogP contribution in [0.15, 0.2) is 79.3 Å². The monoisotopic (exact) mass is 485 g/mol. The molecule has 0 aliphatic heterocycles. The molecule has 10 nitrogen and oxygen atoms in total. The largest absolute Gasteiger partial charge is 0.490 e. The van der Waals surface area contributed by atoms with Crippen LogP contribution in [0.2, 0.25) is 0 Å². The van der Waals surface area contributed by atoms with E-state index in [0.29, 0.717) is 17.1 Å². The lowest BCUT2D eigenvalue weighted by Gasteiger charge is -2.12. The number of nitrogens with one attached hydrogen (secondary N) is 2. The van der Waals surface area contributed by atoms with Crippen LogP contribution in [0.25, 0.3) is 5.69 Å².